The molecule has 21 heavy (non-hydrogen) atoms. The van der Waals surface area contributed by atoms with Gasteiger partial charge in [-0.1, -0.05) is 20.8 Å². The van der Waals surface area contributed by atoms with E-state index in [9.17, 15) is 0 Å². The second-order valence-electron chi connectivity index (χ2n) is 5.51. The number of nitrogens with zero attached hydrogens (tertiary/aromatic N) is 4. The standard InChI is InChI=1S/C15H28N6/c1-4-8-17-13-10-14(19-15(16)18-13)21-9-7-12(11-21)20(5-2)6-3/h10,12H,4-9,11H2,1-3H3,(H3,16,17,18,19). The lowest BCUT2D eigenvalue weighted by molar-refractivity contribution is 0.232. The van der Waals surface area contributed by atoms with Gasteiger partial charge in [0, 0.05) is 31.7 Å². The molecular formula is C15H28N6. The summed E-state index contributed by atoms with van der Waals surface area (Å²) in [5.41, 5.74) is 5.85. The third-order valence-corrected chi connectivity index (χ3v) is 4.10. The van der Waals surface area contributed by atoms with E-state index < -0.39 is 0 Å². The highest BCUT2D eigenvalue weighted by molar-refractivity contribution is 5.53. The third-order valence-electron chi connectivity index (χ3n) is 4.10. The van der Waals surface area contributed by atoms with E-state index in [4.69, 9.17) is 5.73 Å². The smallest absolute Gasteiger partial charge is 0.223 e. The maximum absolute atomic E-state index is 5.85. The van der Waals surface area contributed by atoms with Gasteiger partial charge in [0.05, 0.1) is 0 Å². The lowest BCUT2D eigenvalue weighted by Gasteiger charge is -2.26. The summed E-state index contributed by atoms with van der Waals surface area (Å²) in [6, 6.07) is 2.62. The number of hydrogen-bond acceptors (Lipinski definition) is 6. The van der Waals surface area contributed by atoms with Gasteiger partial charge in [-0.05, 0) is 25.9 Å². The minimum atomic E-state index is 0.345. The second kappa shape index (κ2) is 7.45. The molecule has 1 aromatic rings. The lowest BCUT2D eigenvalue weighted by Crippen LogP contribution is -2.37. The molecule has 0 radical (unpaired) electrons. The van der Waals surface area contributed by atoms with Crippen LogP contribution in [0.15, 0.2) is 6.07 Å². The highest BCUT2D eigenvalue weighted by atomic mass is 15.3. The number of nitrogens with two attached hydrogens (primary N) is 1. The Labute approximate surface area is 127 Å². The first-order chi connectivity index (χ1) is 10.2. The van der Waals surface area contributed by atoms with Crippen molar-refractivity contribution in [2.75, 3.05) is 48.7 Å². The molecule has 0 aliphatic carbocycles. The summed E-state index contributed by atoms with van der Waals surface area (Å²) in [7, 11) is 0. The first-order valence-electron chi connectivity index (χ1n) is 8.05. The zero-order valence-electron chi connectivity index (χ0n) is 13.5. The van der Waals surface area contributed by atoms with E-state index in [0.29, 0.717) is 12.0 Å². The molecule has 1 aliphatic heterocycles. The summed E-state index contributed by atoms with van der Waals surface area (Å²) >= 11 is 0. The van der Waals surface area contributed by atoms with E-state index in [1.807, 2.05) is 6.07 Å². The van der Waals surface area contributed by atoms with Gasteiger partial charge in [-0.3, -0.25) is 4.90 Å². The summed E-state index contributed by atoms with van der Waals surface area (Å²) in [6.45, 7) is 11.7. The summed E-state index contributed by atoms with van der Waals surface area (Å²) in [5.74, 6) is 2.11. The van der Waals surface area contributed by atoms with Crippen molar-refractivity contribution in [3.05, 3.63) is 6.07 Å². The Balaban J connectivity index is 2.06. The predicted molar refractivity (Wildman–Crippen MR) is 88.8 cm³/mol. The molecule has 1 aromatic heterocycles. The van der Waals surface area contributed by atoms with E-state index in [1.54, 1.807) is 0 Å². The summed E-state index contributed by atoms with van der Waals surface area (Å²) < 4.78 is 0. The molecule has 0 spiro atoms. The minimum Gasteiger partial charge on any atom is -0.370 e. The van der Waals surface area contributed by atoms with Crippen LogP contribution in [0.1, 0.15) is 33.6 Å². The molecule has 1 atom stereocenters. The zero-order valence-corrected chi connectivity index (χ0v) is 13.5. The van der Waals surface area contributed by atoms with Crippen LogP contribution in [0.2, 0.25) is 0 Å². The van der Waals surface area contributed by atoms with Crippen LogP contribution < -0.4 is 16.0 Å². The highest BCUT2D eigenvalue weighted by Crippen LogP contribution is 2.23. The topological polar surface area (TPSA) is 70.3 Å². The second-order valence-corrected chi connectivity index (χ2v) is 5.51. The fraction of sp³-hybridized carbons (Fsp3) is 0.733. The normalized spacial score (nSPS) is 18.5. The molecule has 0 saturated carbocycles. The molecule has 0 amide bonds. The fourth-order valence-electron chi connectivity index (χ4n) is 2.95. The first kappa shape index (κ1) is 15.8. The summed E-state index contributed by atoms with van der Waals surface area (Å²) in [6.07, 6.45) is 2.25. The van der Waals surface area contributed by atoms with Crippen LogP contribution in [-0.4, -0.2) is 53.6 Å². The number of nitrogen functional groups attached to an aromatic ring is 1. The molecular weight excluding hydrogens is 264 g/mol. The molecule has 6 nitrogen and oxygen atoms in total. The Morgan fingerprint density at radius 2 is 2.10 bits per heavy atom. The number of anilines is 3. The van der Waals surface area contributed by atoms with Crippen LogP contribution in [0.25, 0.3) is 0 Å². The van der Waals surface area contributed by atoms with Crippen molar-refractivity contribution in [1.29, 1.82) is 0 Å². The van der Waals surface area contributed by atoms with E-state index in [-0.39, 0.29) is 0 Å². The van der Waals surface area contributed by atoms with Gasteiger partial charge >= 0.3 is 0 Å². The number of aromatic nitrogens is 2. The minimum absolute atomic E-state index is 0.345. The Kier molecular flexibility index (Phi) is 5.61. The van der Waals surface area contributed by atoms with Gasteiger partial charge < -0.3 is 16.0 Å². The number of hydrogen-bond donors (Lipinski definition) is 2. The van der Waals surface area contributed by atoms with Gasteiger partial charge in [-0.2, -0.15) is 9.97 Å². The van der Waals surface area contributed by atoms with Gasteiger partial charge in [0.2, 0.25) is 5.95 Å². The molecule has 1 fully saturated rings. The van der Waals surface area contributed by atoms with Crippen molar-refractivity contribution in [1.82, 2.24) is 14.9 Å². The maximum atomic E-state index is 5.85. The van der Waals surface area contributed by atoms with Crippen molar-refractivity contribution >= 4 is 17.6 Å². The predicted octanol–water partition coefficient (Wildman–Crippen LogP) is 1.80. The lowest BCUT2D eigenvalue weighted by atomic mass is 10.2. The van der Waals surface area contributed by atoms with E-state index in [1.165, 1.54) is 6.42 Å². The quantitative estimate of drug-likeness (QED) is 0.798. The van der Waals surface area contributed by atoms with E-state index >= 15 is 0 Å². The van der Waals surface area contributed by atoms with Gasteiger partial charge in [-0.15, -0.1) is 0 Å². The van der Waals surface area contributed by atoms with Crippen molar-refractivity contribution in [3.63, 3.8) is 0 Å². The molecule has 1 saturated heterocycles. The Morgan fingerprint density at radius 3 is 2.76 bits per heavy atom. The zero-order chi connectivity index (χ0) is 15.2. The average Bonchev–Trinajstić information content (AvgIpc) is 2.96. The van der Waals surface area contributed by atoms with Crippen LogP contribution in [-0.2, 0) is 0 Å². The monoisotopic (exact) mass is 292 g/mol. The Morgan fingerprint density at radius 1 is 1.33 bits per heavy atom. The van der Waals surface area contributed by atoms with Gasteiger partial charge in [0.25, 0.3) is 0 Å². The van der Waals surface area contributed by atoms with Crippen LogP contribution in [0.5, 0.6) is 0 Å². The summed E-state index contributed by atoms with van der Waals surface area (Å²) in [5, 5.41) is 3.29. The number of rotatable bonds is 7. The molecule has 0 aromatic carbocycles. The van der Waals surface area contributed by atoms with Crippen LogP contribution in [0, 0.1) is 0 Å². The molecule has 2 heterocycles. The molecule has 3 N–H and O–H groups in total. The average molecular weight is 292 g/mol. The molecule has 2 rings (SSSR count). The SMILES string of the molecule is CCCNc1cc(N2CCC(N(CC)CC)C2)nc(N)n1. The van der Waals surface area contributed by atoms with Crippen molar-refractivity contribution < 1.29 is 0 Å². The Hall–Kier alpha value is -1.56. The molecule has 1 unspecified atom stereocenters. The van der Waals surface area contributed by atoms with Crippen molar-refractivity contribution in [3.8, 4) is 0 Å². The molecule has 1 aliphatic rings. The molecule has 118 valence electrons. The van der Waals surface area contributed by atoms with Crippen LogP contribution in [0.4, 0.5) is 17.6 Å². The van der Waals surface area contributed by atoms with Gasteiger partial charge in [0.15, 0.2) is 0 Å². The molecule has 0 bridgehead atoms. The number of nitrogens with one attached hydrogen (secondary N) is 1. The first-order valence-corrected chi connectivity index (χ1v) is 8.05. The van der Waals surface area contributed by atoms with Crippen LogP contribution >= 0.6 is 0 Å². The number of likely N-dealkylation sites (N-methyl/N-ethyl adjacent to an activating group) is 1. The fourth-order valence-corrected chi connectivity index (χ4v) is 2.95. The third kappa shape index (κ3) is 3.97. The van der Waals surface area contributed by atoms with Gasteiger partial charge in [-0.25, -0.2) is 0 Å². The van der Waals surface area contributed by atoms with Gasteiger partial charge in [0.1, 0.15) is 11.6 Å². The largest absolute Gasteiger partial charge is 0.370 e. The summed E-state index contributed by atoms with van der Waals surface area (Å²) in [4.78, 5) is 13.5. The Bertz CT molecular complexity index is 446. The molecule has 6 heteroatoms. The van der Waals surface area contributed by atoms with E-state index in [2.05, 4.69) is 45.9 Å². The maximum Gasteiger partial charge on any atom is 0.223 e. The van der Waals surface area contributed by atoms with Crippen molar-refractivity contribution in [2.45, 2.75) is 39.7 Å². The highest BCUT2D eigenvalue weighted by Gasteiger charge is 2.27. The van der Waals surface area contributed by atoms with Crippen LogP contribution in [0.3, 0.4) is 0 Å². The van der Waals surface area contributed by atoms with E-state index in [0.717, 1.165) is 50.8 Å². The van der Waals surface area contributed by atoms with Crippen molar-refractivity contribution in [2.24, 2.45) is 0 Å².